The summed E-state index contributed by atoms with van der Waals surface area (Å²) < 4.78 is 63.0. The van der Waals surface area contributed by atoms with Crippen molar-refractivity contribution >= 4 is 27.7 Å². The SMILES string of the molecule is CCc1c(-c2ccc(NC(=O)C(NC(=O)c3ccnn3CCC(O)C(F)(F)F)C(C3CC3)C3CC3)nc2F)c(C)nn1COCCS(C)(C)C. The molecule has 3 N–H and O–H groups in total. The third-order valence-corrected chi connectivity index (χ3v) is 10.6. The van der Waals surface area contributed by atoms with Crippen molar-refractivity contribution in [3.8, 4) is 11.1 Å². The third kappa shape index (κ3) is 9.43. The van der Waals surface area contributed by atoms with Gasteiger partial charge in [-0.3, -0.25) is 14.3 Å². The van der Waals surface area contributed by atoms with Crippen molar-refractivity contribution in [3.63, 3.8) is 0 Å². The number of anilines is 1. The lowest BCUT2D eigenvalue weighted by Gasteiger charge is -2.27. The summed E-state index contributed by atoms with van der Waals surface area (Å²) in [6, 6.07) is 3.41. The normalized spacial score (nSPS) is 16.8. The second-order valence-electron chi connectivity index (χ2n) is 14.1. The van der Waals surface area contributed by atoms with Crippen LogP contribution in [0.2, 0.25) is 0 Å². The molecule has 0 aromatic carbocycles. The average Bonchev–Trinajstić information content (AvgIpc) is 3.97. The van der Waals surface area contributed by atoms with E-state index in [2.05, 4.69) is 44.6 Å². The van der Waals surface area contributed by atoms with Crippen LogP contribution in [0.15, 0.2) is 24.4 Å². The first-order valence-corrected chi connectivity index (χ1v) is 19.9. The number of aliphatic hydroxyl groups is 1. The minimum absolute atomic E-state index is 0.0249. The summed E-state index contributed by atoms with van der Waals surface area (Å²) in [4.78, 5) is 31.4. The summed E-state index contributed by atoms with van der Waals surface area (Å²) in [6.45, 7) is 4.24. The molecule has 3 aromatic heterocycles. The van der Waals surface area contributed by atoms with E-state index >= 15 is 4.39 Å². The molecule has 0 saturated heterocycles. The Morgan fingerprint density at radius 3 is 2.36 bits per heavy atom. The quantitative estimate of drug-likeness (QED) is 0.0976. The van der Waals surface area contributed by atoms with Crippen LogP contribution >= 0.6 is 10.0 Å². The Hall–Kier alpha value is -3.50. The Labute approximate surface area is 290 Å². The van der Waals surface area contributed by atoms with E-state index in [9.17, 15) is 27.9 Å². The molecule has 2 atom stereocenters. The van der Waals surface area contributed by atoms with E-state index in [4.69, 9.17) is 4.74 Å². The summed E-state index contributed by atoms with van der Waals surface area (Å²) in [6.07, 6.45) is 4.09. The fraction of sp³-hybridized carbons (Fsp3) is 0.618. The lowest BCUT2D eigenvalue weighted by molar-refractivity contribution is -0.206. The molecule has 2 saturated carbocycles. The molecule has 3 heterocycles. The van der Waals surface area contributed by atoms with E-state index in [0.29, 0.717) is 24.3 Å². The predicted octanol–water partition coefficient (Wildman–Crippen LogP) is 5.31. The molecule has 2 aliphatic carbocycles. The Balaban J connectivity index is 1.32. The molecule has 0 bridgehead atoms. The number of alkyl halides is 3. The number of hydrogen-bond acceptors (Lipinski definition) is 7. The van der Waals surface area contributed by atoms with Gasteiger partial charge in [0.1, 0.15) is 24.3 Å². The highest BCUT2D eigenvalue weighted by Gasteiger charge is 2.48. The molecule has 0 radical (unpaired) electrons. The van der Waals surface area contributed by atoms with E-state index in [1.165, 1.54) is 18.3 Å². The van der Waals surface area contributed by atoms with Gasteiger partial charge in [-0.25, -0.2) is 19.7 Å². The summed E-state index contributed by atoms with van der Waals surface area (Å²) in [5.41, 5.74) is 2.24. The molecule has 11 nitrogen and oxygen atoms in total. The fourth-order valence-corrected chi connectivity index (χ4v) is 6.97. The second kappa shape index (κ2) is 15.4. The molecular formula is C34H47F4N7O4S. The Bertz CT molecular complexity index is 1650. The van der Waals surface area contributed by atoms with Gasteiger partial charge in [0.25, 0.3) is 5.91 Å². The van der Waals surface area contributed by atoms with Gasteiger partial charge in [-0.1, -0.05) is 6.92 Å². The molecule has 3 aromatic rings. The van der Waals surface area contributed by atoms with Gasteiger partial charge in [0.2, 0.25) is 11.9 Å². The summed E-state index contributed by atoms with van der Waals surface area (Å²) >= 11 is 0. The first-order chi connectivity index (χ1) is 23.6. The predicted molar refractivity (Wildman–Crippen MR) is 183 cm³/mol. The average molecular weight is 726 g/mol. The van der Waals surface area contributed by atoms with Crippen LogP contribution in [-0.4, -0.2) is 90.9 Å². The van der Waals surface area contributed by atoms with E-state index in [1.54, 1.807) is 17.7 Å². The van der Waals surface area contributed by atoms with Crippen molar-refractivity contribution in [1.82, 2.24) is 29.9 Å². The molecule has 0 aliphatic heterocycles. The first kappa shape index (κ1) is 37.7. The number of aryl methyl sites for hydroxylation is 2. The van der Waals surface area contributed by atoms with Crippen LogP contribution < -0.4 is 10.6 Å². The van der Waals surface area contributed by atoms with Crippen molar-refractivity contribution in [2.75, 3.05) is 36.4 Å². The molecule has 2 aliphatic rings. The number of halogens is 4. The van der Waals surface area contributed by atoms with Gasteiger partial charge in [-0.05, 0) is 93.7 Å². The molecule has 276 valence electrons. The zero-order chi connectivity index (χ0) is 36.4. The van der Waals surface area contributed by atoms with Gasteiger partial charge in [-0.2, -0.15) is 27.8 Å². The Kier molecular flexibility index (Phi) is 11.6. The van der Waals surface area contributed by atoms with Crippen molar-refractivity contribution < 1.29 is 37.0 Å². The summed E-state index contributed by atoms with van der Waals surface area (Å²) in [7, 11) is -0.704. The number of pyridine rings is 1. The highest BCUT2D eigenvalue weighted by molar-refractivity contribution is 8.32. The van der Waals surface area contributed by atoms with Crippen LogP contribution in [0, 0.1) is 30.6 Å². The van der Waals surface area contributed by atoms with Gasteiger partial charge >= 0.3 is 6.18 Å². The van der Waals surface area contributed by atoms with Gasteiger partial charge in [0.05, 0.1) is 12.3 Å². The number of nitrogens with zero attached hydrogens (tertiary/aromatic N) is 5. The zero-order valence-electron chi connectivity index (χ0n) is 29.1. The van der Waals surface area contributed by atoms with Gasteiger partial charge in [0.15, 0.2) is 6.10 Å². The molecule has 50 heavy (non-hydrogen) atoms. The highest BCUT2D eigenvalue weighted by atomic mass is 32.3. The number of aromatic nitrogens is 5. The Morgan fingerprint density at radius 2 is 1.78 bits per heavy atom. The maximum atomic E-state index is 15.7. The second-order valence-corrected chi connectivity index (χ2v) is 18.7. The van der Waals surface area contributed by atoms with Gasteiger partial charge < -0.3 is 20.5 Å². The Morgan fingerprint density at radius 1 is 1.10 bits per heavy atom. The summed E-state index contributed by atoms with van der Waals surface area (Å²) in [5, 5.41) is 23.5. The third-order valence-electron chi connectivity index (χ3n) is 9.22. The van der Waals surface area contributed by atoms with Crippen molar-refractivity contribution in [1.29, 1.82) is 0 Å². The topological polar surface area (TPSA) is 136 Å². The lowest BCUT2D eigenvalue weighted by Crippen LogP contribution is -2.50. The van der Waals surface area contributed by atoms with E-state index < -0.39 is 52.5 Å². The number of aliphatic hydroxyl groups excluding tert-OH is 1. The number of carbonyl (C=O) groups is 2. The molecule has 2 unspecified atom stereocenters. The summed E-state index contributed by atoms with van der Waals surface area (Å²) in [5.74, 6) is -0.820. The largest absolute Gasteiger partial charge is 0.414 e. The molecule has 16 heteroatoms. The smallest absolute Gasteiger partial charge is 0.384 e. The number of ether oxygens (including phenoxy) is 1. The molecule has 5 rings (SSSR count). The van der Waals surface area contributed by atoms with Crippen LogP contribution in [0.4, 0.5) is 23.4 Å². The molecular weight excluding hydrogens is 678 g/mol. The number of carbonyl (C=O) groups excluding carboxylic acids is 2. The first-order valence-electron chi connectivity index (χ1n) is 16.9. The fourth-order valence-electron chi connectivity index (χ4n) is 6.36. The standard InChI is InChI=1S/C34H47F4N7O4S/c1-6-24-28(20(2)43-45(24)19-49-17-18-50(3,4)5)23-11-12-27(40-31(23)35)41-33(48)30(29(21-7-8-21)22-9-10-22)42-32(47)25-13-15-39-44(25)16-14-26(46)34(36,37)38/h11-13,15,21-22,26,29-30,46H,6-10,14,16-19H2,1-5H3,(H,42,47)(H,40,41,48). The maximum absolute atomic E-state index is 15.7. The van der Waals surface area contributed by atoms with E-state index in [1.807, 2.05) is 6.92 Å². The van der Waals surface area contributed by atoms with Crippen LogP contribution in [0.3, 0.4) is 0 Å². The monoisotopic (exact) mass is 725 g/mol. The molecule has 2 amide bonds. The number of hydrogen-bond donors (Lipinski definition) is 3. The van der Waals surface area contributed by atoms with Crippen molar-refractivity contribution in [2.45, 2.75) is 84.0 Å². The van der Waals surface area contributed by atoms with Crippen LogP contribution in [-0.2, 0) is 29.2 Å². The van der Waals surface area contributed by atoms with Crippen LogP contribution in [0.25, 0.3) is 11.1 Å². The van der Waals surface area contributed by atoms with Gasteiger partial charge in [-0.15, -0.1) is 0 Å². The molecule has 2 fully saturated rings. The van der Waals surface area contributed by atoms with E-state index in [-0.39, 0.29) is 48.1 Å². The number of rotatable bonds is 17. The number of nitrogens with one attached hydrogen (secondary N) is 2. The number of amides is 2. The van der Waals surface area contributed by atoms with Crippen LogP contribution in [0.1, 0.15) is 60.9 Å². The minimum Gasteiger partial charge on any atom is -0.384 e. The van der Waals surface area contributed by atoms with Crippen molar-refractivity contribution in [3.05, 3.63) is 47.4 Å². The van der Waals surface area contributed by atoms with E-state index in [0.717, 1.165) is 41.8 Å². The zero-order valence-corrected chi connectivity index (χ0v) is 29.9. The van der Waals surface area contributed by atoms with Crippen molar-refractivity contribution in [2.24, 2.45) is 17.8 Å². The van der Waals surface area contributed by atoms with Crippen LogP contribution in [0.5, 0.6) is 0 Å². The lowest BCUT2D eigenvalue weighted by atomic mass is 9.88. The highest BCUT2D eigenvalue weighted by Crippen LogP contribution is 2.51. The minimum atomic E-state index is -4.80. The van der Waals surface area contributed by atoms with Gasteiger partial charge in [0, 0.05) is 41.7 Å². The molecule has 0 spiro atoms. The maximum Gasteiger partial charge on any atom is 0.414 e.